The number of rotatable bonds is 11. The standard InChI is InChI=1S/C26H26N2O6S/c29-23(30)15-20(27-25(32)22(35)14-16-6-2-1-3-7-16)24(31)28-21(26(33)34)13-17-10-11-18-8-4-5-9-19(18)12-17/h1-12,20-22,35H,13-15H2,(H,27,32)(H,28,31)(H,29,30)(H,33,34)/t20?,21-,22-/m0/s1. The van der Waals surface area contributed by atoms with Crippen molar-refractivity contribution in [2.24, 2.45) is 0 Å². The van der Waals surface area contributed by atoms with Crippen molar-refractivity contribution < 1.29 is 29.4 Å². The highest BCUT2D eigenvalue weighted by atomic mass is 32.1. The van der Waals surface area contributed by atoms with Gasteiger partial charge in [0.2, 0.25) is 11.8 Å². The summed E-state index contributed by atoms with van der Waals surface area (Å²) >= 11 is 4.28. The van der Waals surface area contributed by atoms with Crippen molar-refractivity contribution in [1.29, 1.82) is 0 Å². The molecule has 35 heavy (non-hydrogen) atoms. The molecule has 1 unspecified atom stereocenters. The zero-order valence-corrected chi connectivity index (χ0v) is 19.7. The first-order valence-corrected chi connectivity index (χ1v) is 11.5. The Balaban J connectivity index is 1.68. The first-order chi connectivity index (χ1) is 16.7. The summed E-state index contributed by atoms with van der Waals surface area (Å²) in [6.45, 7) is 0. The second-order valence-electron chi connectivity index (χ2n) is 8.15. The molecule has 4 N–H and O–H groups in total. The van der Waals surface area contributed by atoms with Gasteiger partial charge >= 0.3 is 11.9 Å². The van der Waals surface area contributed by atoms with Gasteiger partial charge in [-0.15, -0.1) is 0 Å². The molecule has 0 saturated carbocycles. The van der Waals surface area contributed by atoms with Crippen LogP contribution in [0.2, 0.25) is 0 Å². The quantitative estimate of drug-likeness (QED) is 0.260. The van der Waals surface area contributed by atoms with Gasteiger partial charge in [0.1, 0.15) is 12.1 Å². The number of hydrogen-bond acceptors (Lipinski definition) is 5. The Morgan fingerprint density at radius 3 is 2.00 bits per heavy atom. The molecule has 0 fully saturated rings. The number of carbonyl (C=O) groups excluding carboxylic acids is 2. The molecule has 0 heterocycles. The van der Waals surface area contributed by atoms with Crippen LogP contribution in [-0.4, -0.2) is 51.3 Å². The van der Waals surface area contributed by atoms with Crippen LogP contribution in [0.4, 0.5) is 0 Å². The van der Waals surface area contributed by atoms with Crippen molar-refractivity contribution in [3.63, 3.8) is 0 Å². The summed E-state index contributed by atoms with van der Waals surface area (Å²) in [4.78, 5) is 48.6. The van der Waals surface area contributed by atoms with Crippen molar-refractivity contribution in [3.8, 4) is 0 Å². The summed E-state index contributed by atoms with van der Waals surface area (Å²) in [6, 6.07) is 19.4. The number of carbonyl (C=O) groups is 4. The maximum absolute atomic E-state index is 12.8. The van der Waals surface area contributed by atoms with E-state index >= 15 is 0 Å². The zero-order valence-electron chi connectivity index (χ0n) is 18.8. The van der Waals surface area contributed by atoms with Crippen LogP contribution >= 0.6 is 12.6 Å². The van der Waals surface area contributed by atoms with Crippen LogP contribution in [0.25, 0.3) is 10.8 Å². The fourth-order valence-corrected chi connectivity index (χ4v) is 3.94. The van der Waals surface area contributed by atoms with E-state index < -0.39 is 47.5 Å². The van der Waals surface area contributed by atoms with Gasteiger partial charge in [-0.25, -0.2) is 4.79 Å². The summed E-state index contributed by atoms with van der Waals surface area (Å²) in [6.07, 6.45) is -0.439. The Morgan fingerprint density at radius 1 is 0.714 bits per heavy atom. The molecule has 0 saturated heterocycles. The van der Waals surface area contributed by atoms with Crippen LogP contribution in [0.1, 0.15) is 17.5 Å². The highest BCUT2D eigenvalue weighted by Gasteiger charge is 2.30. The highest BCUT2D eigenvalue weighted by molar-refractivity contribution is 7.81. The van der Waals surface area contributed by atoms with E-state index in [0.717, 1.165) is 16.3 Å². The normalized spacial score (nSPS) is 13.4. The van der Waals surface area contributed by atoms with Crippen LogP contribution in [0.3, 0.4) is 0 Å². The Bertz CT molecular complexity index is 1220. The lowest BCUT2D eigenvalue weighted by Gasteiger charge is -2.22. The number of fused-ring (bicyclic) bond motifs is 1. The second-order valence-corrected chi connectivity index (χ2v) is 8.77. The zero-order chi connectivity index (χ0) is 25.4. The molecule has 3 aromatic rings. The SMILES string of the molecule is O=C(O)CC(NC(=O)[C@@H](S)Cc1ccccc1)C(=O)N[C@@H](Cc1ccc2ccccc2c1)C(=O)O. The second kappa shape index (κ2) is 12.0. The predicted octanol–water partition coefficient (Wildman–Crippen LogP) is 2.45. The summed E-state index contributed by atoms with van der Waals surface area (Å²) in [5.74, 6) is -4.11. The molecular weight excluding hydrogens is 468 g/mol. The third-order valence-corrected chi connectivity index (χ3v) is 5.87. The number of nitrogens with one attached hydrogen (secondary N) is 2. The summed E-state index contributed by atoms with van der Waals surface area (Å²) in [7, 11) is 0. The molecule has 0 spiro atoms. The topological polar surface area (TPSA) is 133 Å². The average molecular weight is 495 g/mol. The maximum Gasteiger partial charge on any atom is 0.326 e. The minimum absolute atomic E-state index is 0.0111. The van der Waals surface area contributed by atoms with E-state index in [1.807, 2.05) is 66.7 Å². The smallest absolute Gasteiger partial charge is 0.326 e. The number of hydrogen-bond donors (Lipinski definition) is 5. The van der Waals surface area contributed by atoms with E-state index in [9.17, 15) is 29.4 Å². The predicted molar refractivity (Wildman–Crippen MR) is 134 cm³/mol. The molecule has 9 heteroatoms. The molecule has 0 aliphatic carbocycles. The molecule has 0 bridgehead atoms. The number of carboxylic acid groups (broad SMARTS) is 2. The fraction of sp³-hybridized carbons (Fsp3) is 0.231. The molecule has 2 amide bonds. The monoisotopic (exact) mass is 494 g/mol. The molecule has 0 aliphatic heterocycles. The first kappa shape index (κ1) is 25.8. The van der Waals surface area contributed by atoms with Gasteiger partial charge in [-0.3, -0.25) is 14.4 Å². The third-order valence-electron chi connectivity index (χ3n) is 5.45. The van der Waals surface area contributed by atoms with E-state index in [4.69, 9.17) is 0 Å². The van der Waals surface area contributed by atoms with E-state index in [1.165, 1.54) is 0 Å². The number of aliphatic carboxylic acids is 2. The van der Waals surface area contributed by atoms with E-state index in [-0.39, 0.29) is 12.8 Å². The Kier molecular flexibility index (Phi) is 8.86. The Morgan fingerprint density at radius 2 is 1.34 bits per heavy atom. The molecule has 3 aromatic carbocycles. The average Bonchev–Trinajstić information content (AvgIpc) is 2.83. The van der Waals surface area contributed by atoms with Gasteiger partial charge < -0.3 is 20.8 Å². The summed E-state index contributed by atoms with van der Waals surface area (Å²) in [5.41, 5.74) is 1.54. The lowest BCUT2D eigenvalue weighted by molar-refractivity contribution is -0.143. The molecule has 0 aromatic heterocycles. The fourth-order valence-electron chi connectivity index (χ4n) is 3.66. The van der Waals surface area contributed by atoms with Crippen molar-refractivity contribution in [3.05, 3.63) is 83.9 Å². The van der Waals surface area contributed by atoms with Gasteiger partial charge in [-0.1, -0.05) is 72.8 Å². The van der Waals surface area contributed by atoms with Gasteiger partial charge in [-0.2, -0.15) is 12.6 Å². The number of thiol groups is 1. The molecule has 182 valence electrons. The van der Waals surface area contributed by atoms with Crippen LogP contribution in [0, 0.1) is 0 Å². The van der Waals surface area contributed by atoms with Crippen molar-refractivity contribution in [2.45, 2.75) is 36.6 Å². The Labute approximate surface area is 207 Å². The minimum atomic E-state index is -1.45. The third kappa shape index (κ3) is 7.58. The van der Waals surface area contributed by atoms with Crippen LogP contribution in [0.5, 0.6) is 0 Å². The van der Waals surface area contributed by atoms with Gasteiger partial charge in [0.05, 0.1) is 11.7 Å². The van der Waals surface area contributed by atoms with Crippen molar-refractivity contribution in [2.75, 3.05) is 0 Å². The van der Waals surface area contributed by atoms with E-state index in [1.54, 1.807) is 6.07 Å². The Hall–Kier alpha value is -3.85. The molecule has 0 aliphatic rings. The van der Waals surface area contributed by atoms with E-state index in [2.05, 4.69) is 23.3 Å². The van der Waals surface area contributed by atoms with Crippen molar-refractivity contribution >= 4 is 47.2 Å². The molecule has 3 atom stereocenters. The highest BCUT2D eigenvalue weighted by Crippen LogP contribution is 2.17. The lowest BCUT2D eigenvalue weighted by atomic mass is 10.0. The number of benzene rings is 3. The van der Waals surface area contributed by atoms with Gasteiger partial charge in [0.15, 0.2) is 0 Å². The van der Waals surface area contributed by atoms with Crippen LogP contribution in [0.15, 0.2) is 72.8 Å². The summed E-state index contributed by atoms with van der Waals surface area (Å²) < 4.78 is 0. The van der Waals surface area contributed by atoms with Crippen molar-refractivity contribution in [1.82, 2.24) is 10.6 Å². The summed E-state index contributed by atoms with van der Waals surface area (Å²) in [5, 5.41) is 24.8. The van der Waals surface area contributed by atoms with Gasteiger partial charge in [-0.05, 0) is 28.3 Å². The molecular formula is C26H26N2O6S. The van der Waals surface area contributed by atoms with Crippen LogP contribution in [-0.2, 0) is 32.0 Å². The molecule has 0 radical (unpaired) electrons. The van der Waals surface area contributed by atoms with Crippen LogP contribution < -0.4 is 10.6 Å². The lowest BCUT2D eigenvalue weighted by Crippen LogP contribution is -2.54. The number of amides is 2. The van der Waals surface area contributed by atoms with Gasteiger partial charge in [0, 0.05) is 6.42 Å². The molecule has 3 rings (SSSR count). The minimum Gasteiger partial charge on any atom is -0.481 e. The molecule has 8 nitrogen and oxygen atoms in total. The largest absolute Gasteiger partial charge is 0.481 e. The maximum atomic E-state index is 12.8. The number of carboxylic acids is 2. The van der Waals surface area contributed by atoms with E-state index in [0.29, 0.717) is 5.56 Å². The van der Waals surface area contributed by atoms with Gasteiger partial charge in [0.25, 0.3) is 0 Å². The first-order valence-electron chi connectivity index (χ1n) is 11.0.